The standard InChI is InChI=1S/C7H8BrN3O/c8-6-5(7(9)12)11(3-10-6)4-1-2-4/h3-4H,1-2H2,(H2,9,12). The van der Waals surface area contributed by atoms with Gasteiger partial charge in [-0.15, -0.1) is 0 Å². The van der Waals surface area contributed by atoms with Crippen LogP contribution in [0.3, 0.4) is 0 Å². The summed E-state index contributed by atoms with van der Waals surface area (Å²) < 4.78 is 2.38. The van der Waals surface area contributed by atoms with Gasteiger partial charge in [0.05, 0.1) is 6.33 Å². The van der Waals surface area contributed by atoms with Gasteiger partial charge in [-0.25, -0.2) is 4.98 Å². The van der Waals surface area contributed by atoms with E-state index in [9.17, 15) is 4.79 Å². The molecule has 1 aromatic heterocycles. The third-order valence-corrected chi connectivity index (χ3v) is 2.50. The van der Waals surface area contributed by atoms with E-state index in [1.54, 1.807) is 6.33 Å². The SMILES string of the molecule is NC(=O)c1c(Br)ncn1C1CC1. The van der Waals surface area contributed by atoms with Crippen molar-refractivity contribution in [2.24, 2.45) is 5.73 Å². The van der Waals surface area contributed by atoms with Gasteiger partial charge >= 0.3 is 0 Å². The first-order valence-corrected chi connectivity index (χ1v) is 4.51. The average Bonchev–Trinajstić information content (AvgIpc) is 2.75. The Kier molecular flexibility index (Phi) is 1.68. The molecule has 2 N–H and O–H groups in total. The minimum absolute atomic E-state index is 0.425. The molecule has 1 saturated carbocycles. The van der Waals surface area contributed by atoms with E-state index in [1.807, 2.05) is 4.57 Å². The molecule has 1 amide bonds. The Hall–Kier alpha value is -0.840. The van der Waals surface area contributed by atoms with Gasteiger partial charge in [0.1, 0.15) is 10.3 Å². The Labute approximate surface area is 77.9 Å². The highest BCUT2D eigenvalue weighted by atomic mass is 79.9. The highest BCUT2D eigenvalue weighted by Gasteiger charge is 2.28. The van der Waals surface area contributed by atoms with E-state index < -0.39 is 5.91 Å². The molecule has 1 aromatic rings. The molecule has 1 fully saturated rings. The van der Waals surface area contributed by atoms with Crippen molar-refractivity contribution in [2.75, 3.05) is 0 Å². The summed E-state index contributed by atoms with van der Waals surface area (Å²) in [5, 5.41) is 0. The van der Waals surface area contributed by atoms with Crippen molar-refractivity contribution in [1.82, 2.24) is 9.55 Å². The molecule has 12 heavy (non-hydrogen) atoms. The number of primary amides is 1. The first kappa shape index (κ1) is 7.79. The van der Waals surface area contributed by atoms with E-state index in [1.165, 1.54) is 0 Å². The maximum Gasteiger partial charge on any atom is 0.268 e. The summed E-state index contributed by atoms with van der Waals surface area (Å²) in [6.07, 6.45) is 3.88. The second-order valence-corrected chi connectivity index (χ2v) is 3.64. The smallest absolute Gasteiger partial charge is 0.268 e. The Bertz CT molecular complexity index is 329. The maximum absolute atomic E-state index is 11.0. The van der Waals surface area contributed by atoms with E-state index in [2.05, 4.69) is 20.9 Å². The van der Waals surface area contributed by atoms with Crippen LogP contribution < -0.4 is 5.73 Å². The molecule has 0 bridgehead atoms. The molecule has 0 saturated heterocycles. The zero-order valence-corrected chi connectivity index (χ0v) is 7.91. The van der Waals surface area contributed by atoms with Crippen LogP contribution in [-0.4, -0.2) is 15.5 Å². The lowest BCUT2D eigenvalue weighted by atomic mass is 10.4. The molecule has 0 atom stereocenters. The maximum atomic E-state index is 11.0. The van der Waals surface area contributed by atoms with Gasteiger partial charge in [0.2, 0.25) is 0 Å². The molecule has 1 aliphatic carbocycles. The molecule has 0 aliphatic heterocycles. The predicted molar refractivity (Wildman–Crippen MR) is 46.7 cm³/mol. The number of halogens is 1. The van der Waals surface area contributed by atoms with Crippen LogP contribution in [0.1, 0.15) is 29.4 Å². The molecule has 0 aromatic carbocycles. The average molecular weight is 230 g/mol. The molecule has 64 valence electrons. The number of hydrogen-bond donors (Lipinski definition) is 1. The van der Waals surface area contributed by atoms with Gasteiger partial charge in [0, 0.05) is 6.04 Å². The quantitative estimate of drug-likeness (QED) is 0.826. The van der Waals surface area contributed by atoms with Gasteiger partial charge < -0.3 is 10.3 Å². The third kappa shape index (κ3) is 1.14. The number of aromatic nitrogens is 2. The van der Waals surface area contributed by atoms with Crippen LogP contribution in [0.25, 0.3) is 0 Å². The zero-order chi connectivity index (χ0) is 8.72. The second kappa shape index (κ2) is 2.58. The molecule has 2 rings (SSSR count). The fourth-order valence-electron chi connectivity index (χ4n) is 1.20. The summed E-state index contributed by atoms with van der Waals surface area (Å²) in [4.78, 5) is 14.9. The molecule has 0 radical (unpaired) electrons. The van der Waals surface area contributed by atoms with Gasteiger partial charge in [-0.05, 0) is 28.8 Å². The van der Waals surface area contributed by atoms with Crippen molar-refractivity contribution in [3.63, 3.8) is 0 Å². The predicted octanol–water partition coefficient (Wildman–Crippen LogP) is 1.08. The van der Waals surface area contributed by atoms with Crippen LogP contribution in [-0.2, 0) is 0 Å². The summed E-state index contributed by atoms with van der Waals surface area (Å²) in [6.45, 7) is 0. The molecule has 0 spiro atoms. The number of imidazole rings is 1. The minimum Gasteiger partial charge on any atom is -0.364 e. The minimum atomic E-state index is -0.425. The lowest BCUT2D eigenvalue weighted by Gasteiger charge is -2.01. The van der Waals surface area contributed by atoms with Crippen molar-refractivity contribution < 1.29 is 4.79 Å². The highest BCUT2D eigenvalue weighted by molar-refractivity contribution is 9.10. The number of hydrogen-bond acceptors (Lipinski definition) is 2. The monoisotopic (exact) mass is 229 g/mol. The van der Waals surface area contributed by atoms with Crippen molar-refractivity contribution in [1.29, 1.82) is 0 Å². The van der Waals surface area contributed by atoms with E-state index in [-0.39, 0.29) is 0 Å². The number of carbonyl (C=O) groups is 1. The molecule has 1 aliphatic rings. The van der Waals surface area contributed by atoms with E-state index in [0.717, 1.165) is 12.8 Å². The van der Waals surface area contributed by atoms with Crippen molar-refractivity contribution in [3.05, 3.63) is 16.6 Å². The van der Waals surface area contributed by atoms with Crippen LogP contribution in [0.15, 0.2) is 10.9 Å². The van der Waals surface area contributed by atoms with Crippen LogP contribution in [0.4, 0.5) is 0 Å². The van der Waals surface area contributed by atoms with E-state index in [0.29, 0.717) is 16.3 Å². The van der Waals surface area contributed by atoms with Crippen molar-refractivity contribution in [3.8, 4) is 0 Å². The van der Waals surface area contributed by atoms with Gasteiger partial charge in [-0.1, -0.05) is 0 Å². The lowest BCUT2D eigenvalue weighted by Crippen LogP contribution is -2.16. The van der Waals surface area contributed by atoms with Crippen LogP contribution in [0, 0.1) is 0 Å². The number of nitrogens with zero attached hydrogens (tertiary/aromatic N) is 2. The molecule has 1 heterocycles. The summed E-state index contributed by atoms with van der Waals surface area (Å²) in [5.41, 5.74) is 5.68. The molecule has 5 heteroatoms. The molecular weight excluding hydrogens is 222 g/mol. The van der Waals surface area contributed by atoms with Crippen LogP contribution >= 0.6 is 15.9 Å². The number of amides is 1. The number of nitrogens with two attached hydrogens (primary N) is 1. The summed E-state index contributed by atoms with van der Waals surface area (Å²) >= 11 is 3.18. The normalized spacial score (nSPS) is 16.4. The fraction of sp³-hybridized carbons (Fsp3) is 0.429. The first-order valence-electron chi connectivity index (χ1n) is 3.72. The summed E-state index contributed by atoms with van der Waals surface area (Å²) in [7, 11) is 0. The lowest BCUT2D eigenvalue weighted by molar-refractivity contribution is 0.0990. The Morgan fingerprint density at radius 2 is 2.42 bits per heavy atom. The van der Waals surface area contributed by atoms with Gasteiger partial charge in [0.15, 0.2) is 0 Å². The Morgan fingerprint density at radius 1 is 1.75 bits per heavy atom. The number of rotatable bonds is 2. The second-order valence-electron chi connectivity index (χ2n) is 2.89. The third-order valence-electron chi connectivity index (χ3n) is 1.92. The van der Waals surface area contributed by atoms with Crippen LogP contribution in [0.5, 0.6) is 0 Å². The van der Waals surface area contributed by atoms with E-state index in [4.69, 9.17) is 5.73 Å². The van der Waals surface area contributed by atoms with Gasteiger partial charge in [-0.2, -0.15) is 0 Å². The highest BCUT2D eigenvalue weighted by Crippen LogP contribution is 2.36. The van der Waals surface area contributed by atoms with Crippen LogP contribution in [0.2, 0.25) is 0 Å². The zero-order valence-electron chi connectivity index (χ0n) is 6.33. The largest absolute Gasteiger partial charge is 0.364 e. The summed E-state index contributed by atoms with van der Waals surface area (Å²) in [6, 6.07) is 0.436. The Balaban J connectivity index is 2.46. The fourth-order valence-corrected chi connectivity index (χ4v) is 1.69. The summed E-state index contributed by atoms with van der Waals surface area (Å²) in [5.74, 6) is -0.425. The van der Waals surface area contributed by atoms with E-state index >= 15 is 0 Å². The molecule has 4 nitrogen and oxygen atoms in total. The first-order chi connectivity index (χ1) is 5.70. The molecule has 0 unspecified atom stereocenters. The molecular formula is C7H8BrN3O. The van der Waals surface area contributed by atoms with Crippen molar-refractivity contribution in [2.45, 2.75) is 18.9 Å². The Morgan fingerprint density at radius 3 is 2.92 bits per heavy atom. The topological polar surface area (TPSA) is 60.9 Å². The van der Waals surface area contributed by atoms with Gasteiger partial charge in [-0.3, -0.25) is 4.79 Å². The number of carbonyl (C=O) groups excluding carboxylic acids is 1. The van der Waals surface area contributed by atoms with Crippen molar-refractivity contribution >= 4 is 21.8 Å². The van der Waals surface area contributed by atoms with Gasteiger partial charge in [0.25, 0.3) is 5.91 Å².